The molecule has 0 aliphatic heterocycles. The van der Waals surface area contributed by atoms with Crippen LogP contribution >= 0.6 is 0 Å². The van der Waals surface area contributed by atoms with Crippen molar-refractivity contribution >= 4 is 11.8 Å². The van der Waals surface area contributed by atoms with Crippen LogP contribution in [0.15, 0.2) is 6.20 Å². The maximum absolute atomic E-state index is 9.76. The van der Waals surface area contributed by atoms with Gasteiger partial charge in [-0.05, 0) is 13.3 Å². The lowest BCUT2D eigenvalue weighted by molar-refractivity contribution is 0.0694. The molecular formula is C13H24N4O2. The molecule has 0 aliphatic carbocycles. The molecule has 0 aromatic carbocycles. The van der Waals surface area contributed by atoms with E-state index < -0.39 is 6.10 Å². The van der Waals surface area contributed by atoms with E-state index in [1.807, 2.05) is 18.9 Å². The van der Waals surface area contributed by atoms with E-state index in [-0.39, 0.29) is 0 Å². The first-order valence-electron chi connectivity index (χ1n) is 6.54. The van der Waals surface area contributed by atoms with Gasteiger partial charge in [-0.15, -0.1) is 0 Å². The van der Waals surface area contributed by atoms with Crippen LogP contribution < -0.4 is 10.2 Å². The normalized spacial score (nSPS) is 12.3. The summed E-state index contributed by atoms with van der Waals surface area (Å²) in [6.45, 7) is 5.68. The van der Waals surface area contributed by atoms with Crippen LogP contribution in [-0.2, 0) is 4.74 Å². The van der Waals surface area contributed by atoms with Crippen LogP contribution in [0.2, 0.25) is 0 Å². The van der Waals surface area contributed by atoms with Gasteiger partial charge in [0.1, 0.15) is 5.82 Å². The van der Waals surface area contributed by atoms with Gasteiger partial charge in [0, 0.05) is 39.0 Å². The smallest absolute Gasteiger partial charge is 0.224 e. The molecule has 0 saturated carbocycles. The second kappa shape index (κ2) is 7.91. The van der Waals surface area contributed by atoms with Crippen LogP contribution in [0.1, 0.15) is 18.9 Å². The van der Waals surface area contributed by atoms with E-state index >= 15 is 0 Å². The molecule has 1 rings (SSSR count). The lowest BCUT2D eigenvalue weighted by Gasteiger charge is -2.23. The zero-order valence-corrected chi connectivity index (χ0v) is 12.2. The molecule has 1 atom stereocenters. The largest absolute Gasteiger partial charge is 0.389 e. The van der Waals surface area contributed by atoms with E-state index in [0.29, 0.717) is 19.1 Å². The SMILES string of the molecule is CCCNc1ncc(C)c(N(C)CC(O)COC)n1. The molecule has 108 valence electrons. The summed E-state index contributed by atoms with van der Waals surface area (Å²) >= 11 is 0. The number of ether oxygens (including phenoxy) is 1. The molecule has 1 unspecified atom stereocenters. The predicted molar refractivity (Wildman–Crippen MR) is 76.7 cm³/mol. The van der Waals surface area contributed by atoms with Gasteiger partial charge in [0.05, 0.1) is 12.7 Å². The molecule has 0 amide bonds. The summed E-state index contributed by atoms with van der Waals surface area (Å²) in [6.07, 6.45) is 2.28. The number of nitrogens with one attached hydrogen (secondary N) is 1. The van der Waals surface area contributed by atoms with Gasteiger partial charge < -0.3 is 20.1 Å². The molecule has 1 aromatic rings. The van der Waals surface area contributed by atoms with Gasteiger partial charge in [-0.1, -0.05) is 6.92 Å². The monoisotopic (exact) mass is 268 g/mol. The van der Waals surface area contributed by atoms with Crippen LogP contribution in [0.3, 0.4) is 0 Å². The molecule has 19 heavy (non-hydrogen) atoms. The van der Waals surface area contributed by atoms with Crippen molar-refractivity contribution in [3.8, 4) is 0 Å². The number of nitrogens with zero attached hydrogens (tertiary/aromatic N) is 3. The van der Waals surface area contributed by atoms with E-state index in [2.05, 4.69) is 22.2 Å². The summed E-state index contributed by atoms with van der Waals surface area (Å²) in [7, 11) is 3.48. The third-order valence-electron chi connectivity index (χ3n) is 2.68. The number of aryl methyl sites for hydroxylation is 1. The van der Waals surface area contributed by atoms with Gasteiger partial charge in [0.25, 0.3) is 0 Å². The molecule has 6 heteroatoms. The Morgan fingerprint density at radius 3 is 2.89 bits per heavy atom. The fraction of sp³-hybridized carbons (Fsp3) is 0.692. The molecule has 1 aromatic heterocycles. The summed E-state index contributed by atoms with van der Waals surface area (Å²) in [5, 5.41) is 12.9. The van der Waals surface area contributed by atoms with Crippen molar-refractivity contribution in [2.45, 2.75) is 26.4 Å². The number of methoxy groups -OCH3 is 1. The quantitative estimate of drug-likeness (QED) is 0.734. The molecule has 1 heterocycles. The Balaban J connectivity index is 2.74. The van der Waals surface area contributed by atoms with Gasteiger partial charge >= 0.3 is 0 Å². The van der Waals surface area contributed by atoms with Crippen molar-refractivity contribution in [1.29, 1.82) is 0 Å². The molecule has 0 spiro atoms. The van der Waals surface area contributed by atoms with E-state index in [0.717, 1.165) is 24.3 Å². The van der Waals surface area contributed by atoms with Gasteiger partial charge in [-0.2, -0.15) is 4.98 Å². The van der Waals surface area contributed by atoms with E-state index in [4.69, 9.17) is 4.74 Å². The summed E-state index contributed by atoms with van der Waals surface area (Å²) < 4.78 is 4.93. The number of likely N-dealkylation sites (N-methyl/N-ethyl adjacent to an activating group) is 1. The first-order valence-corrected chi connectivity index (χ1v) is 6.54. The summed E-state index contributed by atoms with van der Waals surface area (Å²) in [5.41, 5.74) is 0.981. The highest BCUT2D eigenvalue weighted by molar-refractivity contribution is 5.48. The molecule has 2 N–H and O–H groups in total. The van der Waals surface area contributed by atoms with Crippen molar-refractivity contribution < 1.29 is 9.84 Å². The Bertz CT molecular complexity index is 387. The predicted octanol–water partition coefficient (Wildman–Crippen LogP) is 1.05. The first-order chi connectivity index (χ1) is 9.08. The number of hydrogen-bond acceptors (Lipinski definition) is 6. The third-order valence-corrected chi connectivity index (χ3v) is 2.68. The fourth-order valence-electron chi connectivity index (χ4n) is 1.79. The average Bonchev–Trinajstić information content (AvgIpc) is 2.37. The Labute approximate surface area is 114 Å². The zero-order chi connectivity index (χ0) is 14.3. The molecular weight excluding hydrogens is 244 g/mol. The standard InChI is InChI=1S/C13H24N4O2/c1-5-6-14-13-15-7-10(2)12(16-13)17(3)8-11(18)9-19-4/h7,11,18H,5-6,8-9H2,1-4H3,(H,14,15,16). The highest BCUT2D eigenvalue weighted by atomic mass is 16.5. The minimum absolute atomic E-state index is 0.315. The van der Waals surface area contributed by atoms with Crippen LogP contribution in [0.4, 0.5) is 11.8 Å². The number of rotatable bonds is 8. The van der Waals surface area contributed by atoms with Crippen molar-refractivity contribution in [2.24, 2.45) is 0 Å². The topological polar surface area (TPSA) is 70.5 Å². The minimum Gasteiger partial charge on any atom is -0.389 e. The lowest BCUT2D eigenvalue weighted by atomic mass is 10.3. The van der Waals surface area contributed by atoms with E-state index in [9.17, 15) is 5.11 Å². The van der Waals surface area contributed by atoms with Gasteiger partial charge in [-0.25, -0.2) is 4.98 Å². The molecule has 0 radical (unpaired) electrons. The number of aliphatic hydroxyl groups is 1. The van der Waals surface area contributed by atoms with Crippen LogP contribution in [-0.4, -0.2) is 55.0 Å². The van der Waals surface area contributed by atoms with Crippen LogP contribution in [0.5, 0.6) is 0 Å². The zero-order valence-electron chi connectivity index (χ0n) is 12.2. The van der Waals surface area contributed by atoms with Crippen molar-refractivity contribution in [3.63, 3.8) is 0 Å². The molecule has 0 saturated heterocycles. The first kappa shape index (κ1) is 15.7. The molecule has 6 nitrogen and oxygen atoms in total. The third kappa shape index (κ3) is 5.00. The molecule has 0 aliphatic rings. The maximum atomic E-state index is 9.76. The van der Waals surface area contributed by atoms with Gasteiger partial charge in [0.15, 0.2) is 0 Å². The number of anilines is 2. The van der Waals surface area contributed by atoms with Crippen LogP contribution in [0.25, 0.3) is 0 Å². The minimum atomic E-state index is -0.531. The Morgan fingerprint density at radius 2 is 2.26 bits per heavy atom. The maximum Gasteiger partial charge on any atom is 0.224 e. The summed E-state index contributed by atoms with van der Waals surface area (Å²) in [4.78, 5) is 10.6. The molecule has 0 bridgehead atoms. The number of hydrogen-bond donors (Lipinski definition) is 2. The van der Waals surface area contributed by atoms with E-state index in [1.54, 1.807) is 13.3 Å². The Morgan fingerprint density at radius 1 is 1.53 bits per heavy atom. The van der Waals surface area contributed by atoms with Crippen molar-refractivity contribution in [2.75, 3.05) is 44.1 Å². The second-order valence-electron chi connectivity index (χ2n) is 4.62. The van der Waals surface area contributed by atoms with Gasteiger partial charge in [0.2, 0.25) is 5.95 Å². The Kier molecular flexibility index (Phi) is 6.52. The second-order valence-corrected chi connectivity index (χ2v) is 4.62. The van der Waals surface area contributed by atoms with Crippen molar-refractivity contribution in [3.05, 3.63) is 11.8 Å². The molecule has 0 fully saturated rings. The fourth-order valence-corrected chi connectivity index (χ4v) is 1.79. The van der Waals surface area contributed by atoms with Crippen molar-refractivity contribution in [1.82, 2.24) is 9.97 Å². The van der Waals surface area contributed by atoms with Gasteiger partial charge in [-0.3, -0.25) is 0 Å². The highest BCUT2D eigenvalue weighted by Gasteiger charge is 2.13. The summed E-state index contributed by atoms with van der Waals surface area (Å²) in [5.74, 6) is 1.44. The van der Waals surface area contributed by atoms with E-state index in [1.165, 1.54) is 0 Å². The summed E-state index contributed by atoms with van der Waals surface area (Å²) in [6, 6.07) is 0. The number of aromatic nitrogens is 2. The van der Waals surface area contributed by atoms with Crippen LogP contribution in [0, 0.1) is 6.92 Å². The highest BCUT2D eigenvalue weighted by Crippen LogP contribution is 2.16. The Hall–Kier alpha value is -1.40. The average molecular weight is 268 g/mol. The number of aliphatic hydroxyl groups excluding tert-OH is 1. The lowest BCUT2D eigenvalue weighted by Crippen LogP contribution is -2.33.